The van der Waals surface area contributed by atoms with E-state index >= 15 is 0 Å². The Morgan fingerprint density at radius 2 is 1.63 bits per heavy atom. The molecular weight excluding hydrogens is 344 g/mol. The third-order valence-electron chi connectivity index (χ3n) is 2.30. The monoisotopic (exact) mass is 351 g/mol. The van der Waals surface area contributed by atoms with Gasteiger partial charge in [-0.25, -0.2) is 0 Å². The Kier molecular flexibility index (Phi) is 4.83. The number of aromatic nitrogens is 1. The summed E-state index contributed by atoms with van der Waals surface area (Å²) in [5, 5.41) is 9.24. The number of nitrogens with zero attached hydrogens (tertiary/aromatic N) is 1. The zero-order valence-electron chi connectivity index (χ0n) is 9.13. The van der Waals surface area contributed by atoms with Crippen LogP contribution >= 0.6 is 15.9 Å². The minimum Gasteiger partial charge on any atom is -0.392 e. The second-order valence-corrected chi connectivity index (χ2v) is 4.76. The number of hydrogen-bond donors (Lipinski definition) is 1. The smallest absolute Gasteiger partial charge is 0.392 e. The molecule has 2 nitrogen and oxygen atoms in total. The van der Waals surface area contributed by atoms with Crippen LogP contribution in [0.25, 0.3) is 0 Å². The molecule has 0 bridgehead atoms. The molecule has 0 fully saturated rings. The number of alkyl halides is 6. The predicted octanol–water partition coefficient (Wildman–Crippen LogP) is 3.49. The first-order valence-corrected chi connectivity index (χ1v) is 5.72. The summed E-state index contributed by atoms with van der Waals surface area (Å²) in [6.07, 6.45) is -12.1. The molecule has 0 aliphatic carbocycles. The summed E-state index contributed by atoms with van der Waals surface area (Å²) in [6.45, 7) is 0. The van der Waals surface area contributed by atoms with Crippen LogP contribution in [-0.4, -0.2) is 28.5 Å². The van der Waals surface area contributed by atoms with E-state index in [1.807, 2.05) is 0 Å². The van der Waals surface area contributed by atoms with Crippen molar-refractivity contribution in [3.05, 3.63) is 28.5 Å². The lowest BCUT2D eigenvalue weighted by Gasteiger charge is -2.27. The summed E-state index contributed by atoms with van der Waals surface area (Å²) in [6, 6.07) is 1.29. The van der Waals surface area contributed by atoms with E-state index in [9.17, 15) is 31.4 Å². The lowest BCUT2D eigenvalue weighted by Crippen LogP contribution is -2.45. The molecule has 9 heteroatoms. The first-order valence-electron chi connectivity index (χ1n) is 4.92. The van der Waals surface area contributed by atoms with Crippen LogP contribution in [0.4, 0.5) is 26.3 Å². The van der Waals surface area contributed by atoms with Crippen LogP contribution in [-0.2, 0) is 6.42 Å². The third kappa shape index (κ3) is 4.64. The van der Waals surface area contributed by atoms with Gasteiger partial charge < -0.3 is 5.11 Å². The molecule has 108 valence electrons. The first-order chi connectivity index (χ1) is 8.51. The van der Waals surface area contributed by atoms with Crippen molar-refractivity contribution in [3.8, 4) is 0 Å². The first kappa shape index (κ1) is 16.2. The van der Waals surface area contributed by atoms with Gasteiger partial charge in [-0.3, -0.25) is 4.98 Å². The molecule has 0 saturated heterocycles. The van der Waals surface area contributed by atoms with Gasteiger partial charge in [0.15, 0.2) is 5.92 Å². The lowest BCUT2D eigenvalue weighted by molar-refractivity contribution is -0.305. The quantitative estimate of drug-likeness (QED) is 0.845. The van der Waals surface area contributed by atoms with Crippen molar-refractivity contribution in [2.75, 3.05) is 0 Å². The normalized spacial score (nSPS) is 14.8. The highest BCUT2D eigenvalue weighted by Gasteiger charge is 2.59. The third-order valence-corrected chi connectivity index (χ3v) is 2.73. The molecule has 1 aromatic heterocycles. The Balaban J connectivity index is 2.93. The Morgan fingerprint density at radius 3 is 2.05 bits per heavy atom. The highest BCUT2D eigenvalue weighted by atomic mass is 79.9. The summed E-state index contributed by atoms with van der Waals surface area (Å²) in [5.74, 6) is -3.78. The van der Waals surface area contributed by atoms with Gasteiger partial charge in [-0.2, -0.15) is 26.3 Å². The van der Waals surface area contributed by atoms with E-state index in [1.54, 1.807) is 0 Å². The van der Waals surface area contributed by atoms with Crippen LogP contribution in [0.15, 0.2) is 22.9 Å². The van der Waals surface area contributed by atoms with Gasteiger partial charge in [0.05, 0.1) is 6.10 Å². The van der Waals surface area contributed by atoms with E-state index in [2.05, 4.69) is 20.9 Å². The van der Waals surface area contributed by atoms with Gasteiger partial charge in [-0.05, 0) is 27.6 Å². The van der Waals surface area contributed by atoms with Gasteiger partial charge in [0.1, 0.15) is 0 Å². The molecule has 1 aromatic rings. The largest absolute Gasteiger partial charge is 0.403 e. The molecule has 0 aliphatic heterocycles. The van der Waals surface area contributed by atoms with Crippen molar-refractivity contribution in [1.82, 2.24) is 4.98 Å². The topological polar surface area (TPSA) is 33.1 Å². The number of aliphatic hydroxyl groups excluding tert-OH is 1. The molecule has 0 aromatic carbocycles. The maximum Gasteiger partial charge on any atom is 0.403 e. The second kappa shape index (κ2) is 5.66. The highest BCUT2D eigenvalue weighted by molar-refractivity contribution is 9.10. The van der Waals surface area contributed by atoms with Crippen molar-refractivity contribution in [2.45, 2.75) is 24.9 Å². The van der Waals surface area contributed by atoms with Crippen molar-refractivity contribution in [3.63, 3.8) is 0 Å². The molecule has 0 spiro atoms. The molecule has 1 atom stereocenters. The molecule has 1 unspecified atom stereocenters. The summed E-state index contributed by atoms with van der Waals surface area (Å²) >= 11 is 2.98. The summed E-state index contributed by atoms with van der Waals surface area (Å²) in [7, 11) is 0. The van der Waals surface area contributed by atoms with Gasteiger partial charge >= 0.3 is 12.4 Å². The van der Waals surface area contributed by atoms with E-state index in [-0.39, 0.29) is 5.56 Å². The Morgan fingerprint density at radius 1 is 1.11 bits per heavy atom. The molecule has 1 heterocycles. The number of hydrogen-bond acceptors (Lipinski definition) is 2. The standard InChI is InChI=1S/C10H8BrF6NO/c11-6-1-5(3-18-4-6)2-7(19)8(9(12,13)14)10(15,16)17/h1,3-4,7-8,19H,2H2. The minimum absolute atomic E-state index is 0.0698. The number of halogens is 7. The fourth-order valence-corrected chi connectivity index (χ4v) is 1.96. The van der Waals surface area contributed by atoms with E-state index in [0.29, 0.717) is 4.47 Å². The summed E-state index contributed by atoms with van der Waals surface area (Å²) in [5.41, 5.74) is 0.0698. The van der Waals surface area contributed by atoms with E-state index in [4.69, 9.17) is 0 Å². The summed E-state index contributed by atoms with van der Waals surface area (Å²) in [4.78, 5) is 3.60. The van der Waals surface area contributed by atoms with Crippen molar-refractivity contribution in [1.29, 1.82) is 0 Å². The van der Waals surface area contributed by atoms with Crippen LogP contribution < -0.4 is 0 Å². The number of aliphatic hydroxyl groups is 1. The fourth-order valence-electron chi connectivity index (χ4n) is 1.55. The molecule has 0 amide bonds. The van der Waals surface area contributed by atoms with Crippen LogP contribution in [0.5, 0.6) is 0 Å². The molecule has 0 aliphatic rings. The van der Waals surface area contributed by atoms with Crippen molar-refractivity contribution >= 4 is 15.9 Å². The second-order valence-electron chi connectivity index (χ2n) is 3.84. The molecule has 0 saturated carbocycles. The average molecular weight is 352 g/mol. The lowest BCUT2D eigenvalue weighted by atomic mass is 9.95. The van der Waals surface area contributed by atoms with Crippen LogP contribution in [0.3, 0.4) is 0 Å². The van der Waals surface area contributed by atoms with E-state index in [1.165, 1.54) is 12.3 Å². The van der Waals surface area contributed by atoms with Gasteiger partial charge in [0.2, 0.25) is 0 Å². The Bertz CT molecular complexity index is 419. The van der Waals surface area contributed by atoms with Gasteiger partial charge in [-0.15, -0.1) is 0 Å². The van der Waals surface area contributed by atoms with Crippen molar-refractivity contribution in [2.24, 2.45) is 5.92 Å². The molecule has 1 rings (SSSR count). The van der Waals surface area contributed by atoms with Gasteiger partial charge in [-0.1, -0.05) is 0 Å². The molecule has 0 radical (unpaired) electrons. The molecule has 1 N–H and O–H groups in total. The van der Waals surface area contributed by atoms with E-state index in [0.717, 1.165) is 6.20 Å². The van der Waals surface area contributed by atoms with E-state index < -0.39 is 30.8 Å². The van der Waals surface area contributed by atoms with Gasteiger partial charge in [0.25, 0.3) is 0 Å². The Hall–Kier alpha value is -0.830. The highest BCUT2D eigenvalue weighted by Crippen LogP contribution is 2.42. The maximum atomic E-state index is 12.3. The Labute approximate surface area is 112 Å². The fraction of sp³-hybridized carbons (Fsp3) is 0.500. The summed E-state index contributed by atoms with van der Waals surface area (Å²) < 4.78 is 74.5. The van der Waals surface area contributed by atoms with Crippen LogP contribution in [0.1, 0.15) is 5.56 Å². The zero-order valence-corrected chi connectivity index (χ0v) is 10.7. The predicted molar refractivity (Wildman–Crippen MR) is 57.2 cm³/mol. The zero-order chi connectivity index (χ0) is 14.8. The minimum atomic E-state index is -5.56. The van der Waals surface area contributed by atoms with Crippen LogP contribution in [0, 0.1) is 5.92 Å². The average Bonchev–Trinajstić information content (AvgIpc) is 2.11. The molecule has 19 heavy (non-hydrogen) atoms. The number of rotatable bonds is 3. The maximum absolute atomic E-state index is 12.3. The van der Waals surface area contributed by atoms with Crippen molar-refractivity contribution < 1.29 is 31.4 Å². The SMILES string of the molecule is OC(Cc1cncc(Br)c1)C(C(F)(F)F)C(F)(F)F. The molecular formula is C10H8BrF6NO. The van der Waals surface area contributed by atoms with Gasteiger partial charge in [0, 0.05) is 23.3 Å². The number of pyridine rings is 1. The van der Waals surface area contributed by atoms with Crippen LogP contribution in [0.2, 0.25) is 0 Å².